The summed E-state index contributed by atoms with van der Waals surface area (Å²) in [6.07, 6.45) is 6.87. The molecule has 1 N–H and O–H groups in total. The Labute approximate surface area is 112 Å². The van der Waals surface area contributed by atoms with E-state index in [9.17, 15) is 4.79 Å². The van der Waals surface area contributed by atoms with Gasteiger partial charge in [0.2, 0.25) is 5.91 Å². The van der Waals surface area contributed by atoms with Crippen molar-refractivity contribution in [3.63, 3.8) is 0 Å². The molecule has 1 aliphatic rings. The van der Waals surface area contributed by atoms with Crippen molar-refractivity contribution in [1.29, 1.82) is 0 Å². The summed E-state index contributed by atoms with van der Waals surface area (Å²) in [6, 6.07) is 0. The lowest BCUT2D eigenvalue weighted by Crippen LogP contribution is -2.41. The summed E-state index contributed by atoms with van der Waals surface area (Å²) in [4.78, 5) is 22.3. The largest absolute Gasteiger partial charge is 0.355 e. The molecule has 2 rings (SSSR count). The summed E-state index contributed by atoms with van der Waals surface area (Å²) in [5, 5.41) is 2.89. The van der Waals surface area contributed by atoms with E-state index in [0.29, 0.717) is 12.3 Å². The van der Waals surface area contributed by atoms with E-state index in [0.717, 1.165) is 31.7 Å². The Hall–Kier alpha value is -1.30. The van der Waals surface area contributed by atoms with Gasteiger partial charge in [-0.2, -0.15) is 12.6 Å². The Morgan fingerprint density at radius 3 is 2.83 bits per heavy atom. The second-order valence-electron chi connectivity index (χ2n) is 4.34. The zero-order valence-corrected chi connectivity index (χ0v) is 11.1. The van der Waals surface area contributed by atoms with Gasteiger partial charge in [0, 0.05) is 43.7 Å². The summed E-state index contributed by atoms with van der Waals surface area (Å²) < 4.78 is 0. The van der Waals surface area contributed by atoms with Crippen LogP contribution in [-0.4, -0.2) is 41.3 Å². The standard InChI is InChI=1S/C12H18N4OS/c17-12(15-5-8-18)10-1-6-16(7-2-10)11-9-13-3-4-14-11/h3-4,9-10,18H,1-2,5-8H2,(H,15,17). The van der Waals surface area contributed by atoms with Crippen LogP contribution in [0.2, 0.25) is 0 Å². The maximum Gasteiger partial charge on any atom is 0.223 e. The molecule has 1 aromatic heterocycles. The number of carbonyl (C=O) groups excluding carboxylic acids is 1. The molecule has 0 aliphatic carbocycles. The second-order valence-corrected chi connectivity index (χ2v) is 4.79. The highest BCUT2D eigenvalue weighted by Gasteiger charge is 2.25. The lowest BCUT2D eigenvalue weighted by atomic mass is 9.96. The zero-order valence-electron chi connectivity index (χ0n) is 10.2. The predicted molar refractivity (Wildman–Crippen MR) is 73.8 cm³/mol. The molecule has 2 heterocycles. The summed E-state index contributed by atoms with van der Waals surface area (Å²) in [7, 11) is 0. The topological polar surface area (TPSA) is 58.1 Å². The van der Waals surface area contributed by atoms with Crippen LogP contribution in [0.5, 0.6) is 0 Å². The van der Waals surface area contributed by atoms with Gasteiger partial charge in [0.1, 0.15) is 5.82 Å². The van der Waals surface area contributed by atoms with Gasteiger partial charge in [0.25, 0.3) is 0 Å². The van der Waals surface area contributed by atoms with Crippen LogP contribution in [0.1, 0.15) is 12.8 Å². The molecule has 0 spiro atoms. The van der Waals surface area contributed by atoms with Gasteiger partial charge in [-0.3, -0.25) is 9.78 Å². The second kappa shape index (κ2) is 6.58. The Kier molecular flexibility index (Phi) is 4.81. The van der Waals surface area contributed by atoms with Crippen molar-refractivity contribution in [2.45, 2.75) is 12.8 Å². The monoisotopic (exact) mass is 266 g/mol. The molecule has 1 amide bonds. The van der Waals surface area contributed by atoms with Gasteiger partial charge in [-0.1, -0.05) is 0 Å². The quantitative estimate of drug-likeness (QED) is 0.789. The third-order valence-electron chi connectivity index (χ3n) is 3.15. The van der Waals surface area contributed by atoms with Crippen LogP contribution in [0.3, 0.4) is 0 Å². The molecule has 5 nitrogen and oxygen atoms in total. The number of amides is 1. The fourth-order valence-corrected chi connectivity index (χ4v) is 2.26. The lowest BCUT2D eigenvalue weighted by Gasteiger charge is -2.31. The first-order chi connectivity index (χ1) is 8.81. The number of hydrogen-bond donors (Lipinski definition) is 2. The van der Waals surface area contributed by atoms with E-state index in [4.69, 9.17) is 0 Å². The Morgan fingerprint density at radius 2 is 2.22 bits per heavy atom. The molecule has 0 unspecified atom stereocenters. The number of nitrogens with zero attached hydrogens (tertiary/aromatic N) is 3. The average Bonchev–Trinajstić information content (AvgIpc) is 2.46. The molecule has 1 fully saturated rings. The minimum atomic E-state index is 0.123. The van der Waals surface area contributed by atoms with E-state index < -0.39 is 0 Å². The van der Waals surface area contributed by atoms with Crippen LogP contribution in [0.4, 0.5) is 5.82 Å². The molecule has 6 heteroatoms. The Balaban J connectivity index is 1.83. The Bertz CT molecular complexity index is 379. The van der Waals surface area contributed by atoms with Crippen LogP contribution in [-0.2, 0) is 4.79 Å². The minimum Gasteiger partial charge on any atom is -0.355 e. The highest BCUT2D eigenvalue weighted by atomic mass is 32.1. The first-order valence-corrected chi connectivity index (χ1v) is 6.84. The van der Waals surface area contributed by atoms with E-state index in [1.807, 2.05) is 0 Å². The summed E-state index contributed by atoms with van der Waals surface area (Å²) in [5.74, 6) is 1.86. The van der Waals surface area contributed by atoms with Gasteiger partial charge in [-0.15, -0.1) is 0 Å². The fourth-order valence-electron chi connectivity index (χ4n) is 2.15. The number of rotatable bonds is 4. The summed E-state index contributed by atoms with van der Waals surface area (Å²) in [5.41, 5.74) is 0. The minimum absolute atomic E-state index is 0.123. The Morgan fingerprint density at radius 1 is 1.44 bits per heavy atom. The third kappa shape index (κ3) is 3.35. The van der Waals surface area contributed by atoms with Gasteiger partial charge in [-0.05, 0) is 12.8 Å². The van der Waals surface area contributed by atoms with E-state index in [-0.39, 0.29) is 11.8 Å². The van der Waals surface area contributed by atoms with Crippen LogP contribution >= 0.6 is 12.6 Å². The third-order valence-corrected chi connectivity index (χ3v) is 3.37. The van der Waals surface area contributed by atoms with Crippen LogP contribution in [0.25, 0.3) is 0 Å². The van der Waals surface area contributed by atoms with Gasteiger partial charge in [-0.25, -0.2) is 4.98 Å². The van der Waals surface area contributed by atoms with Crippen molar-refractivity contribution >= 4 is 24.4 Å². The number of thiol groups is 1. The van der Waals surface area contributed by atoms with Crippen molar-refractivity contribution in [3.8, 4) is 0 Å². The highest BCUT2D eigenvalue weighted by molar-refractivity contribution is 7.80. The molecule has 0 atom stereocenters. The molecule has 18 heavy (non-hydrogen) atoms. The lowest BCUT2D eigenvalue weighted by molar-refractivity contribution is -0.125. The number of anilines is 1. The van der Waals surface area contributed by atoms with Gasteiger partial charge >= 0.3 is 0 Å². The van der Waals surface area contributed by atoms with Gasteiger partial charge < -0.3 is 10.2 Å². The number of carbonyl (C=O) groups is 1. The summed E-state index contributed by atoms with van der Waals surface area (Å²) in [6.45, 7) is 2.36. The number of nitrogens with one attached hydrogen (secondary N) is 1. The molecule has 0 saturated carbocycles. The van der Waals surface area contributed by atoms with Gasteiger partial charge in [0.15, 0.2) is 0 Å². The number of aromatic nitrogens is 2. The van der Waals surface area contributed by atoms with E-state index in [1.54, 1.807) is 18.6 Å². The normalized spacial score (nSPS) is 16.6. The SMILES string of the molecule is O=C(NCCS)C1CCN(c2cnccn2)CC1. The summed E-state index contributed by atoms with van der Waals surface area (Å²) >= 11 is 4.08. The molecule has 1 aliphatic heterocycles. The van der Waals surface area contributed by atoms with E-state index in [2.05, 4.69) is 32.8 Å². The van der Waals surface area contributed by atoms with E-state index in [1.165, 1.54) is 0 Å². The van der Waals surface area contributed by atoms with Crippen molar-refractivity contribution in [2.24, 2.45) is 5.92 Å². The molecular weight excluding hydrogens is 248 g/mol. The van der Waals surface area contributed by atoms with Crippen molar-refractivity contribution in [2.75, 3.05) is 30.3 Å². The molecule has 98 valence electrons. The van der Waals surface area contributed by atoms with Gasteiger partial charge in [0.05, 0.1) is 6.20 Å². The maximum absolute atomic E-state index is 11.8. The van der Waals surface area contributed by atoms with E-state index >= 15 is 0 Å². The van der Waals surface area contributed by atoms with Crippen LogP contribution in [0.15, 0.2) is 18.6 Å². The molecule has 1 aromatic rings. The highest BCUT2D eigenvalue weighted by Crippen LogP contribution is 2.20. The molecule has 0 radical (unpaired) electrons. The smallest absolute Gasteiger partial charge is 0.223 e. The number of hydrogen-bond acceptors (Lipinski definition) is 5. The fraction of sp³-hybridized carbons (Fsp3) is 0.583. The molecular formula is C12H18N4OS. The zero-order chi connectivity index (χ0) is 12.8. The maximum atomic E-state index is 11.8. The van der Waals surface area contributed by atoms with Crippen LogP contribution < -0.4 is 10.2 Å². The first-order valence-electron chi connectivity index (χ1n) is 6.21. The predicted octanol–water partition coefficient (Wildman–Crippen LogP) is 0.739. The average molecular weight is 266 g/mol. The first kappa shape index (κ1) is 13.1. The molecule has 0 aromatic carbocycles. The number of piperidine rings is 1. The van der Waals surface area contributed by atoms with Crippen molar-refractivity contribution in [1.82, 2.24) is 15.3 Å². The van der Waals surface area contributed by atoms with Crippen molar-refractivity contribution < 1.29 is 4.79 Å². The molecule has 1 saturated heterocycles. The molecule has 0 bridgehead atoms. The van der Waals surface area contributed by atoms with Crippen molar-refractivity contribution in [3.05, 3.63) is 18.6 Å². The van der Waals surface area contributed by atoms with Crippen LogP contribution in [0, 0.1) is 5.92 Å².